The largest absolute Gasteiger partial charge is 0.359 e. The summed E-state index contributed by atoms with van der Waals surface area (Å²) in [6, 6.07) is 11.4. The SMILES string of the molecule is Cn1cnc(S(=O)(=O)N(CC2CCN(c3ncccn3)CC2)CC(C)(C)N(Cc2cncn2C)c2ccc(C#N)cc2)c1. The van der Waals surface area contributed by atoms with E-state index in [0.717, 1.165) is 37.3 Å². The molecule has 5 rings (SSSR count). The van der Waals surface area contributed by atoms with Crippen molar-refractivity contribution in [1.29, 1.82) is 5.26 Å². The normalized spacial score (nSPS) is 14.7. The fourth-order valence-corrected chi connectivity index (χ4v) is 7.18. The fraction of sp³-hybridized carbons (Fsp3) is 0.433. The van der Waals surface area contributed by atoms with Gasteiger partial charge in [-0.1, -0.05) is 0 Å². The van der Waals surface area contributed by atoms with E-state index in [9.17, 15) is 13.7 Å². The minimum Gasteiger partial charge on any atom is -0.359 e. The molecule has 3 aromatic heterocycles. The molecule has 13 heteroatoms. The quantitative estimate of drug-likeness (QED) is 0.254. The average molecular weight is 603 g/mol. The van der Waals surface area contributed by atoms with Gasteiger partial charge >= 0.3 is 0 Å². The van der Waals surface area contributed by atoms with Crippen LogP contribution in [0.1, 0.15) is 37.9 Å². The number of hydrogen-bond donors (Lipinski definition) is 0. The molecule has 1 aromatic carbocycles. The second kappa shape index (κ2) is 12.5. The molecule has 0 radical (unpaired) electrons. The lowest BCUT2D eigenvalue weighted by Crippen LogP contribution is -2.54. The summed E-state index contributed by atoms with van der Waals surface area (Å²) < 4.78 is 33.5. The Kier molecular flexibility index (Phi) is 8.79. The van der Waals surface area contributed by atoms with Gasteiger partial charge in [0, 0.05) is 76.3 Å². The summed E-state index contributed by atoms with van der Waals surface area (Å²) in [5.41, 5.74) is 1.77. The topological polar surface area (TPSA) is 129 Å². The third kappa shape index (κ3) is 6.87. The molecular weight excluding hydrogens is 564 g/mol. The summed E-state index contributed by atoms with van der Waals surface area (Å²) in [7, 11) is -0.192. The first kappa shape index (κ1) is 30.2. The zero-order valence-corrected chi connectivity index (χ0v) is 25.9. The smallest absolute Gasteiger partial charge is 0.262 e. The third-order valence-corrected chi connectivity index (χ3v) is 9.73. The molecule has 0 unspecified atom stereocenters. The Morgan fingerprint density at radius 3 is 2.33 bits per heavy atom. The lowest BCUT2D eigenvalue weighted by Gasteiger charge is -2.44. The third-order valence-electron chi connectivity index (χ3n) is 8.04. The van der Waals surface area contributed by atoms with E-state index in [4.69, 9.17) is 0 Å². The summed E-state index contributed by atoms with van der Waals surface area (Å²) in [6.07, 6.45) is 11.8. The first-order valence-corrected chi connectivity index (χ1v) is 15.7. The highest BCUT2D eigenvalue weighted by Gasteiger charge is 2.38. The lowest BCUT2D eigenvalue weighted by molar-refractivity contribution is 0.258. The number of piperidine rings is 1. The molecule has 0 aliphatic carbocycles. The van der Waals surface area contributed by atoms with Crippen LogP contribution in [-0.2, 0) is 30.7 Å². The van der Waals surface area contributed by atoms with Crippen molar-refractivity contribution in [2.75, 3.05) is 36.0 Å². The Hall–Kier alpha value is -4.28. The lowest BCUT2D eigenvalue weighted by atomic mass is 9.95. The molecule has 1 saturated heterocycles. The van der Waals surface area contributed by atoms with Gasteiger partial charge in [0.15, 0.2) is 5.03 Å². The second-order valence-electron chi connectivity index (χ2n) is 11.7. The van der Waals surface area contributed by atoms with E-state index in [2.05, 4.69) is 49.7 Å². The number of imidazole rings is 2. The van der Waals surface area contributed by atoms with Crippen molar-refractivity contribution >= 4 is 21.7 Å². The summed E-state index contributed by atoms with van der Waals surface area (Å²) in [5, 5.41) is 9.40. The van der Waals surface area contributed by atoms with Crippen LogP contribution in [-0.4, -0.2) is 73.5 Å². The second-order valence-corrected chi connectivity index (χ2v) is 13.6. The number of hydrogen-bond acceptors (Lipinski definition) is 9. The molecule has 0 amide bonds. The van der Waals surface area contributed by atoms with E-state index in [0.29, 0.717) is 24.6 Å². The molecule has 1 fully saturated rings. The van der Waals surface area contributed by atoms with Crippen molar-refractivity contribution in [1.82, 2.24) is 33.4 Å². The molecule has 4 aromatic rings. The van der Waals surface area contributed by atoms with Crippen molar-refractivity contribution in [3.8, 4) is 6.07 Å². The Morgan fingerprint density at radius 1 is 1.05 bits per heavy atom. The van der Waals surface area contributed by atoms with Crippen LogP contribution < -0.4 is 9.80 Å². The molecule has 0 atom stereocenters. The predicted molar refractivity (Wildman–Crippen MR) is 164 cm³/mol. The number of aryl methyl sites for hydroxylation is 2. The van der Waals surface area contributed by atoms with Crippen molar-refractivity contribution in [3.63, 3.8) is 0 Å². The van der Waals surface area contributed by atoms with E-state index >= 15 is 0 Å². The average Bonchev–Trinajstić information content (AvgIpc) is 3.64. The van der Waals surface area contributed by atoms with Crippen LogP contribution in [0, 0.1) is 17.2 Å². The van der Waals surface area contributed by atoms with Crippen LogP contribution in [0.2, 0.25) is 0 Å². The molecule has 4 heterocycles. The van der Waals surface area contributed by atoms with E-state index in [1.165, 1.54) is 6.33 Å². The van der Waals surface area contributed by atoms with Crippen LogP contribution in [0.3, 0.4) is 0 Å². The minimum atomic E-state index is -3.90. The predicted octanol–water partition coefficient (Wildman–Crippen LogP) is 3.21. The molecule has 0 bridgehead atoms. The number of nitrogens with zero attached hydrogens (tertiary/aromatic N) is 10. The van der Waals surface area contributed by atoms with Crippen LogP contribution in [0.25, 0.3) is 0 Å². The van der Waals surface area contributed by atoms with Gasteiger partial charge in [-0.25, -0.2) is 28.4 Å². The van der Waals surface area contributed by atoms with Crippen molar-refractivity contribution < 1.29 is 8.42 Å². The molecule has 0 spiro atoms. The molecular formula is C30H38N10O2S. The van der Waals surface area contributed by atoms with Crippen molar-refractivity contribution in [3.05, 3.63) is 79.0 Å². The number of nitriles is 1. The number of aromatic nitrogens is 6. The first-order valence-electron chi connectivity index (χ1n) is 14.3. The molecule has 0 N–H and O–H groups in total. The van der Waals surface area contributed by atoms with E-state index in [1.807, 2.05) is 29.9 Å². The van der Waals surface area contributed by atoms with Gasteiger partial charge in [0.1, 0.15) is 0 Å². The van der Waals surface area contributed by atoms with Crippen LogP contribution >= 0.6 is 0 Å². The standard InChI is InChI=1S/C30H38N10O2S/c1-30(2,40(19-27-17-32-22-37(27)4)26-8-6-24(16-31)7-9-26)21-39(43(41,42)28-20-36(3)23-35-28)18-25-10-14-38(15-11-25)29-33-12-5-13-34-29/h5-9,12-13,17,20,22-23,25H,10-11,14-15,18-19,21H2,1-4H3. The van der Waals surface area contributed by atoms with Crippen molar-refractivity contribution in [2.24, 2.45) is 20.0 Å². The Bertz CT molecular complexity index is 1650. The monoisotopic (exact) mass is 602 g/mol. The Balaban J connectivity index is 1.43. The highest BCUT2D eigenvalue weighted by Crippen LogP contribution is 2.31. The maximum absolute atomic E-state index is 14.1. The Morgan fingerprint density at radius 2 is 1.74 bits per heavy atom. The summed E-state index contributed by atoms with van der Waals surface area (Å²) in [6.45, 7) is 6.73. The van der Waals surface area contributed by atoms with Gasteiger partial charge in [0.2, 0.25) is 5.95 Å². The molecule has 12 nitrogen and oxygen atoms in total. The van der Waals surface area contributed by atoms with Gasteiger partial charge in [0.25, 0.3) is 10.0 Å². The summed E-state index contributed by atoms with van der Waals surface area (Å²) >= 11 is 0. The number of anilines is 2. The van der Waals surface area contributed by atoms with Gasteiger partial charge in [-0.3, -0.25) is 0 Å². The van der Waals surface area contributed by atoms with Gasteiger partial charge in [0.05, 0.1) is 36.5 Å². The molecule has 226 valence electrons. The minimum absolute atomic E-state index is 0.0393. The van der Waals surface area contributed by atoms with Gasteiger partial charge in [-0.15, -0.1) is 0 Å². The molecule has 0 saturated carbocycles. The highest BCUT2D eigenvalue weighted by atomic mass is 32.2. The van der Waals surface area contributed by atoms with Crippen LogP contribution in [0.4, 0.5) is 11.6 Å². The zero-order chi connectivity index (χ0) is 30.6. The maximum atomic E-state index is 14.1. The highest BCUT2D eigenvalue weighted by molar-refractivity contribution is 7.89. The zero-order valence-electron chi connectivity index (χ0n) is 25.1. The summed E-state index contributed by atoms with van der Waals surface area (Å²) in [4.78, 5) is 21.6. The number of rotatable bonds is 11. The van der Waals surface area contributed by atoms with Crippen LogP contribution in [0.5, 0.6) is 0 Å². The van der Waals surface area contributed by atoms with Crippen molar-refractivity contribution in [2.45, 2.75) is 43.8 Å². The summed E-state index contributed by atoms with van der Waals surface area (Å²) in [5.74, 6) is 0.864. The van der Waals surface area contributed by atoms with E-state index in [1.54, 1.807) is 59.0 Å². The van der Waals surface area contributed by atoms with Gasteiger partial charge in [-0.05, 0) is 62.9 Å². The van der Waals surface area contributed by atoms with Crippen LogP contribution in [0.15, 0.2) is 72.8 Å². The molecule has 1 aliphatic rings. The molecule has 43 heavy (non-hydrogen) atoms. The molecule has 1 aliphatic heterocycles. The first-order chi connectivity index (χ1) is 20.6. The van der Waals surface area contributed by atoms with Gasteiger partial charge in [-0.2, -0.15) is 9.57 Å². The number of sulfonamides is 1. The number of benzene rings is 1. The Labute approximate surface area is 253 Å². The van der Waals surface area contributed by atoms with E-state index < -0.39 is 15.6 Å². The fourth-order valence-electron chi connectivity index (χ4n) is 5.55. The van der Waals surface area contributed by atoms with Gasteiger partial charge < -0.3 is 18.9 Å². The maximum Gasteiger partial charge on any atom is 0.262 e. The van der Waals surface area contributed by atoms with E-state index in [-0.39, 0.29) is 17.5 Å².